The van der Waals surface area contributed by atoms with Crippen molar-refractivity contribution in [2.75, 3.05) is 55.8 Å². The molecule has 31 heavy (non-hydrogen) atoms. The van der Waals surface area contributed by atoms with Gasteiger partial charge in [-0.1, -0.05) is 11.6 Å². The molecule has 11 heteroatoms. The number of carbonyl (C=O) groups is 1. The lowest BCUT2D eigenvalue weighted by molar-refractivity contribution is 0.0778. The normalized spacial score (nSPS) is 15.1. The Labute approximate surface area is 188 Å². The zero-order valence-corrected chi connectivity index (χ0v) is 19.7. The summed E-state index contributed by atoms with van der Waals surface area (Å²) in [4.78, 5) is 31.5. The SMILES string of the molecule is CN(CC(C)(C)S(C)(=O)=O)C(=O)c1cncc(N2CCN(c3cc(Cl)ccn3)CC2)n1. The average molecular weight is 467 g/mol. The Hall–Kier alpha value is -2.46. The summed E-state index contributed by atoms with van der Waals surface area (Å²) in [6.45, 7) is 6.10. The standard InChI is InChI=1S/C20H27ClN6O3S/c1-20(2,31(4,29)30)14-25(3)19(28)16-12-22-13-18(24-16)27-9-7-26(8-10-27)17-11-15(21)5-6-23-17/h5-6,11-13H,7-10,14H2,1-4H3. The Morgan fingerprint density at radius 2 is 1.77 bits per heavy atom. The van der Waals surface area contributed by atoms with Crippen LogP contribution in [0, 0.1) is 0 Å². The van der Waals surface area contributed by atoms with E-state index in [0.29, 0.717) is 23.9 Å². The van der Waals surface area contributed by atoms with E-state index in [2.05, 4.69) is 24.8 Å². The fraction of sp³-hybridized carbons (Fsp3) is 0.500. The van der Waals surface area contributed by atoms with E-state index in [1.54, 1.807) is 39.4 Å². The zero-order valence-electron chi connectivity index (χ0n) is 18.1. The number of rotatable bonds is 6. The van der Waals surface area contributed by atoms with Gasteiger partial charge < -0.3 is 14.7 Å². The van der Waals surface area contributed by atoms with Crippen molar-refractivity contribution in [2.45, 2.75) is 18.6 Å². The molecule has 1 amide bonds. The summed E-state index contributed by atoms with van der Waals surface area (Å²) in [5.74, 6) is 1.07. The second-order valence-electron chi connectivity index (χ2n) is 8.26. The fourth-order valence-electron chi connectivity index (χ4n) is 3.30. The van der Waals surface area contributed by atoms with Crippen LogP contribution < -0.4 is 9.80 Å². The van der Waals surface area contributed by atoms with Crippen LogP contribution in [0.1, 0.15) is 24.3 Å². The molecule has 0 spiro atoms. The van der Waals surface area contributed by atoms with Crippen molar-refractivity contribution in [3.8, 4) is 0 Å². The minimum absolute atomic E-state index is 0.0574. The maximum Gasteiger partial charge on any atom is 0.273 e. The minimum Gasteiger partial charge on any atom is -0.353 e. The van der Waals surface area contributed by atoms with Crippen LogP contribution in [0.2, 0.25) is 5.02 Å². The smallest absolute Gasteiger partial charge is 0.273 e. The quantitative estimate of drug-likeness (QED) is 0.634. The topological polar surface area (TPSA) is 99.6 Å². The first-order valence-corrected chi connectivity index (χ1v) is 12.1. The molecule has 0 N–H and O–H groups in total. The number of piperazine rings is 1. The highest BCUT2D eigenvalue weighted by atomic mass is 35.5. The second-order valence-corrected chi connectivity index (χ2v) is 11.3. The molecule has 0 bridgehead atoms. The van der Waals surface area contributed by atoms with E-state index in [1.165, 1.54) is 17.4 Å². The van der Waals surface area contributed by atoms with E-state index in [9.17, 15) is 13.2 Å². The highest BCUT2D eigenvalue weighted by molar-refractivity contribution is 7.92. The van der Waals surface area contributed by atoms with Crippen molar-refractivity contribution in [3.63, 3.8) is 0 Å². The lowest BCUT2D eigenvalue weighted by atomic mass is 10.2. The monoisotopic (exact) mass is 466 g/mol. The maximum atomic E-state index is 12.8. The number of carbonyl (C=O) groups excluding carboxylic acids is 1. The number of pyridine rings is 1. The Bertz CT molecular complexity index is 1050. The first-order chi connectivity index (χ1) is 14.5. The summed E-state index contributed by atoms with van der Waals surface area (Å²) in [5, 5.41) is 0.646. The first kappa shape index (κ1) is 23.2. The first-order valence-electron chi connectivity index (χ1n) is 9.86. The van der Waals surface area contributed by atoms with Gasteiger partial charge in [-0.05, 0) is 26.0 Å². The highest BCUT2D eigenvalue weighted by Crippen LogP contribution is 2.21. The number of sulfone groups is 1. The Morgan fingerprint density at radius 3 is 2.35 bits per heavy atom. The third-order valence-electron chi connectivity index (χ3n) is 5.44. The molecule has 0 aromatic carbocycles. The van der Waals surface area contributed by atoms with Crippen LogP contribution in [0.4, 0.5) is 11.6 Å². The number of halogens is 1. The van der Waals surface area contributed by atoms with Gasteiger partial charge in [0.15, 0.2) is 9.84 Å². The highest BCUT2D eigenvalue weighted by Gasteiger charge is 2.33. The number of nitrogens with zero attached hydrogens (tertiary/aromatic N) is 6. The Balaban J connectivity index is 1.67. The number of anilines is 2. The van der Waals surface area contributed by atoms with Crippen LogP contribution in [0.25, 0.3) is 0 Å². The minimum atomic E-state index is -3.33. The molecular formula is C20H27ClN6O3S. The van der Waals surface area contributed by atoms with E-state index in [-0.39, 0.29) is 18.1 Å². The molecule has 0 unspecified atom stereocenters. The van der Waals surface area contributed by atoms with Gasteiger partial charge >= 0.3 is 0 Å². The van der Waals surface area contributed by atoms with Crippen molar-refractivity contribution < 1.29 is 13.2 Å². The van der Waals surface area contributed by atoms with Gasteiger partial charge in [-0.25, -0.2) is 18.4 Å². The number of aromatic nitrogens is 3. The molecule has 0 aliphatic carbocycles. The van der Waals surface area contributed by atoms with E-state index in [1.807, 2.05) is 6.07 Å². The van der Waals surface area contributed by atoms with Crippen LogP contribution in [0.5, 0.6) is 0 Å². The molecule has 0 radical (unpaired) electrons. The molecule has 168 valence electrons. The van der Waals surface area contributed by atoms with Crippen LogP contribution in [-0.4, -0.2) is 85.0 Å². The predicted octanol–water partition coefficient (Wildman–Crippen LogP) is 1.75. The Kier molecular flexibility index (Phi) is 6.70. The van der Waals surface area contributed by atoms with Gasteiger partial charge in [0.05, 0.1) is 17.1 Å². The third kappa shape index (κ3) is 5.43. The molecule has 0 atom stereocenters. The molecule has 1 aliphatic heterocycles. The third-order valence-corrected chi connectivity index (χ3v) is 7.82. The van der Waals surface area contributed by atoms with Crippen molar-refractivity contribution >= 4 is 39.0 Å². The van der Waals surface area contributed by atoms with Gasteiger partial charge in [0.1, 0.15) is 17.3 Å². The zero-order chi connectivity index (χ0) is 22.8. The van der Waals surface area contributed by atoms with Crippen molar-refractivity contribution in [3.05, 3.63) is 41.4 Å². The molecule has 1 fully saturated rings. The van der Waals surface area contributed by atoms with Crippen LogP contribution >= 0.6 is 11.6 Å². The van der Waals surface area contributed by atoms with Crippen molar-refractivity contribution in [2.24, 2.45) is 0 Å². The van der Waals surface area contributed by atoms with Gasteiger partial charge in [-0.2, -0.15) is 0 Å². The summed E-state index contributed by atoms with van der Waals surface area (Å²) in [6, 6.07) is 3.58. The maximum absolute atomic E-state index is 12.8. The van der Waals surface area contributed by atoms with Crippen LogP contribution in [0.3, 0.4) is 0 Å². The Morgan fingerprint density at radius 1 is 1.16 bits per heavy atom. The molecule has 2 aromatic rings. The number of hydrogen-bond donors (Lipinski definition) is 0. The van der Waals surface area contributed by atoms with E-state index in [4.69, 9.17) is 11.6 Å². The molecular weight excluding hydrogens is 440 g/mol. The lowest BCUT2D eigenvalue weighted by Gasteiger charge is -2.36. The van der Waals surface area contributed by atoms with Gasteiger partial charge in [-0.3, -0.25) is 9.78 Å². The van der Waals surface area contributed by atoms with Gasteiger partial charge in [0.25, 0.3) is 5.91 Å². The van der Waals surface area contributed by atoms with Crippen molar-refractivity contribution in [1.29, 1.82) is 0 Å². The average Bonchev–Trinajstić information content (AvgIpc) is 2.72. The van der Waals surface area contributed by atoms with Gasteiger partial charge in [0.2, 0.25) is 0 Å². The molecule has 9 nitrogen and oxygen atoms in total. The van der Waals surface area contributed by atoms with E-state index < -0.39 is 14.6 Å². The predicted molar refractivity (Wildman–Crippen MR) is 122 cm³/mol. The van der Waals surface area contributed by atoms with Crippen LogP contribution in [0.15, 0.2) is 30.7 Å². The molecule has 1 aliphatic rings. The number of hydrogen-bond acceptors (Lipinski definition) is 8. The summed E-state index contributed by atoms with van der Waals surface area (Å²) in [5.41, 5.74) is 0.184. The fourth-order valence-corrected chi connectivity index (χ4v) is 3.88. The molecule has 3 heterocycles. The van der Waals surface area contributed by atoms with E-state index >= 15 is 0 Å². The summed E-state index contributed by atoms with van der Waals surface area (Å²) in [6.07, 6.45) is 5.89. The summed E-state index contributed by atoms with van der Waals surface area (Å²) in [7, 11) is -1.76. The summed E-state index contributed by atoms with van der Waals surface area (Å²) >= 11 is 6.06. The molecule has 3 rings (SSSR count). The molecule has 1 saturated heterocycles. The van der Waals surface area contributed by atoms with Gasteiger partial charge in [0, 0.05) is 57.2 Å². The lowest BCUT2D eigenvalue weighted by Crippen LogP contribution is -2.47. The molecule has 0 saturated carbocycles. The van der Waals surface area contributed by atoms with Crippen LogP contribution in [-0.2, 0) is 9.84 Å². The summed E-state index contributed by atoms with van der Waals surface area (Å²) < 4.78 is 22.9. The van der Waals surface area contributed by atoms with E-state index in [0.717, 1.165) is 18.9 Å². The number of amides is 1. The second kappa shape index (κ2) is 8.96. The molecule has 2 aromatic heterocycles. The van der Waals surface area contributed by atoms with Gasteiger partial charge in [-0.15, -0.1) is 0 Å². The van der Waals surface area contributed by atoms with Crippen molar-refractivity contribution in [1.82, 2.24) is 19.9 Å². The largest absolute Gasteiger partial charge is 0.353 e.